The number of nitrogens with zero attached hydrogens (tertiary/aromatic N) is 2. The Balaban J connectivity index is 1.83. The van der Waals surface area contributed by atoms with E-state index in [-0.39, 0.29) is 5.56 Å². The minimum Gasteiger partial charge on any atom is -0.293 e. The first-order chi connectivity index (χ1) is 10.9. The number of nitrogens with one attached hydrogen (secondary N) is 1. The Bertz CT molecular complexity index is 849. The van der Waals surface area contributed by atoms with E-state index >= 15 is 0 Å². The minimum atomic E-state index is -4.35. The number of rotatable bonds is 3. The average molecular weight is 319 g/mol. The second-order valence-corrected chi connectivity index (χ2v) is 5.01. The number of hydrogen-bond acceptors (Lipinski definition) is 2. The van der Waals surface area contributed by atoms with Crippen LogP contribution < -0.4 is 5.56 Å². The summed E-state index contributed by atoms with van der Waals surface area (Å²) < 4.78 is 38.9. The van der Waals surface area contributed by atoms with E-state index in [1.165, 1.54) is 22.9 Å². The number of hydrogen-bond donors (Lipinski definition) is 1. The molecule has 118 valence electrons. The predicted octanol–water partition coefficient (Wildman–Crippen LogP) is 3.17. The van der Waals surface area contributed by atoms with Crippen LogP contribution in [0.3, 0.4) is 0 Å². The molecule has 1 aromatic carbocycles. The lowest BCUT2D eigenvalue weighted by molar-refractivity contribution is -0.137. The first-order valence-electron chi connectivity index (χ1n) is 6.82. The second kappa shape index (κ2) is 5.75. The molecular weight excluding hydrogens is 307 g/mol. The van der Waals surface area contributed by atoms with Crippen molar-refractivity contribution in [1.29, 1.82) is 0 Å². The van der Waals surface area contributed by atoms with Gasteiger partial charge in [-0.15, -0.1) is 0 Å². The van der Waals surface area contributed by atoms with Gasteiger partial charge in [-0.25, -0.2) is 9.67 Å². The molecule has 0 radical (unpaired) electrons. The van der Waals surface area contributed by atoms with E-state index in [9.17, 15) is 18.0 Å². The maximum Gasteiger partial charge on any atom is 0.416 e. The van der Waals surface area contributed by atoms with Crippen LogP contribution in [0.5, 0.6) is 0 Å². The van der Waals surface area contributed by atoms with Crippen molar-refractivity contribution in [3.05, 3.63) is 81.9 Å². The Morgan fingerprint density at radius 3 is 2.43 bits per heavy atom. The van der Waals surface area contributed by atoms with Crippen molar-refractivity contribution in [3.63, 3.8) is 0 Å². The van der Waals surface area contributed by atoms with Crippen LogP contribution in [-0.2, 0) is 12.6 Å². The second-order valence-electron chi connectivity index (χ2n) is 5.01. The van der Waals surface area contributed by atoms with Crippen molar-refractivity contribution < 1.29 is 13.2 Å². The molecule has 0 atom stereocenters. The molecule has 3 rings (SSSR count). The molecule has 0 aliphatic heterocycles. The van der Waals surface area contributed by atoms with Gasteiger partial charge in [-0.2, -0.15) is 13.2 Å². The van der Waals surface area contributed by atoms with Crippen LogP contribution in [0.15, 0.2) is 59.5 Å². The summed E-state index contributed by atoms with van der Waals surface area (Å²) in [6.45, 7) is 0. The molecule has 0 aliphatic rings. The highest BCUT2D eigenvalue weighted by Crippen LogP contribution is 2.29. The van der Waals surface area contributed by atoms with Gasteiger partial charge in [0.2, 0.25) is 0 Å². The summed E-state index contributed by atoms with van der Waals surface area (Å²) in [5.41, 5.74) is 0.305. The highest BCUT2D eigenvalue weighted by Gasteiger charge is 2.29. The molecule has 0 saturated carbocycles. The van der Waals surface area contributed by atoms with E-state index in [0.29, 0.717) is 23.5 Å². The molecule has 2 heterocycles. The first kappa shape index (κ1) is 15.1. The quantitative estimate of drug-likeness (QED) is 0.806. The lowest BCUT2D eigenvalue weighted by Gasteiger charge is -2.07. The molecule has 3 aromatic rings. The highest BCUT2D eigenvalue weighted by atomic mass is 19.4. The molecule has 0 aliphatic carbocycles. The van der Waals surface area contributed by atoms with E-state index in [1.54, 1.807) is 24.4 Å². The van der Waals surface area contributed by atoms with Crippen molar-refractivity contribution in [2.45, 2.75) is 12.6 Å². The monoisotopic (exact) mass is 319 g/mol. The molecule has 1 N–H and O–H groups in total. The Hall–Kier alpha value is -2.83. The highest BCUT2D eigenvalue weighted by molar-refractivity contribution is 5.28. The number of H-pyrrole nitrogens is 1. The smallest absolute Gasteiger partial charge is 0.293 e. The number of benzene rings is 1. The third-order valence-electron chi connectivity index (χ3n) is 3.33. The number of alkyl halides is 3. The predicted molar refractivity (Wildman–Crippen MR) is 78.4 cm³/mol. The molecule has 0 unspecified atom stereocenters. The zero-order chi connectivity index (χ0) is 16.4. The van der Waals surface area contributed by atoms with Crippen molar-refractivity contribution in [2.75, 3.05) is 0 Å². The van der Waals surface area contributed by atoms with E-state index < -0.39 is 11.7 Å². The van der Waals surface area contributed by atoms with Crippen molar-refractivity contribution in [1.82, 2.24) is 14.8 Å². The van der Waals surface area contributed by atoms with E-state index in [4.69, 9.17) is 0 Å². The Morgan fingerprint density at radius 1 is 1.09 bits per heavy atom. The Morgan fingerprint density at radius 2 is 1.83 bits per heavy atom. The first-order valence-corrected chi connectivity index (χ1v) is 6.82. The Labute approximate surface area is 129 Å². The minimum absolute atomic E-state index is 0.273. The number of pyridine rings is 1. The van der Waals surface area contributed by atoms with Crippen LogP contribution in [0.2, 0.25) is 0 Å². The SMILES string of the molecule is O=c1cc(Cc2ccc(C(F)(F)F)cc2)[nH]n1-c1ccccn1. The summed E-state index contributed by atoms with van der Waals surface area (Å²) in [5, 5.41) is 2.91. The van der Waals surface area contributed by atoms with Gasteiger partial charge in [0.15, 0.2) is 5.82 Å². The maximum atomic E-state index is 12.5. The van der Waals surface area contributed by atoms with Gasteiger partial charge in [-0.3, -0.25) is 9.89 Å². The number of aromatic nitrogens is 3. The summed E-state index contributed by atoms with van der Waals surface area (Å²) in [4.78, 5) is 16.0. The van der Waals surface area contributed by atoms with Gasteiger partial charge in [0.05, 0.1) is 5.56 Å². The largest absolute Gasteiger partial charge is 0.416 e. The summed E-state index contributed by atoms with van der Waals surface area (Å²) in [6, 6.07) is 11.4. The normalized spacial score (nSPS) is 11.6. The molecule has 23 heavy (non-hydrogen) atoms. The standard InChI is InChI=1S/C16H12F3N3O/c17-16(18,19)12-6-4-11(5-7-12)9-13-10-15(23)22(21-13)14-3-1-2-8-20-14/h1-8,10,21H,9H2. The van der Waals surface area contributed by atoms with E-state index in [1.807, 2.05) is 0 Å². The molecular formula is C16H12F3N3O. The molecule has 0 fully saturated rings. The van der Waals surface area contributed by atoms with Crippen LogP contribution in [0.25, 0.3) is 5.82 Å². The lowest BCUT2D eigenvalue weighted by atomic mass is 10.1. The summed E-state index contributed by atoms with van der Waals surface area (Å²) in [5.74, 6) is 0.455. The molecule has 0 spiro atoms. The maximum absolute atomic E-state index is 12.5. The number of aromatic amines is 1. The van der Waals surface area contributed by atoms with Crippen LogP contribution in [0.1, 0.15) is 16.8 Å². The summed E-state index contributed by atoms with van der Waals surface area (Å²) >= 11 is 0. The van der Waals surface area contributed by atoms with Crippen molar-refractivity contribution >= 4 is 0 Å². The van der Waals surface area contributed by atoms with Crippen molar-refractivity contribution in [3.8, 4) is 5.82 Å². The van der Waals surface area contributed by atoms with Gasteiger partial charge >= 0.3 is 6.18 Å². The number of halogens is 3. The summed E-state index contributed by atoms with van der Waals surface area (Å²) in [6.07, 6.45) is -2.46. The van der Waals surface area contributed by atoms with Gasteiger partial charge < -0.3 is 0 Å². The topological polar surface area (TPSA) is 50.7 Å². The molecule has 0 bridgehead atoms. The van der Waals surface area contributed by atoms with Gasteiger partial charge in [0, 0.05) is 24.4 Å². The average Bonchev–Trinajstić information content (AvgIpc) is 2.88. The van der Waals surface area contributed by atoms with Crippen LogP contribution >= 0.6 is 0 Å². The third kappa shape index (κ3) is 3.33. The van der Waals surface area contributed by atoms with Crippen LogP contribution in [-0.4, -0.2) is 14.8 Å². The zero-order valence-electron chi connectivity index (χ0n) is 11.8. The Kier molecular flexibility index (Phi) is 3.77. The molecule has 4 nitrogen and oxygen atoms in total. The fourth-order valence-electron chi connectivity index (χ4n) is 2.22. The van der Waals surface area contributed by atoms with Crippen LogP contribution in [0, 0.1) is 0 Å². The third-order valence-corrected chi connectivity index (χ3v) is 3.33. The zero-order valence-corrected chi connectivity index (χ0v) is 11.8. The van der Waals surface area contributed by atoms with Crippen LogP contribution in [0.4, 0.5) is 13.2 Å². The molecule has 0 saturated heterocycles. The van der Waals surface area contributed by atoms with E-state index in [0.717, 1.165) is 12.1 Å². The van der Waals surface area contributed by atoms with Gasteiger partial charge in [-0.05, 0) is 29.8 Å². The van der Waals surface area contributed by atoms with Crippen molar-refractivity contribution in [2.24, 2.45) is 0 Å². The molecule has 7 heteroatoms. The lowest BCUT2D eigenvalue weighted by Crippen LogP contribution is -2.14. The van der Waals surface area contributed by atoms with Gasteiger partial charge in [0.1, 0.15) is 0 Å². The molecule has 2 aromatic heterocycles. The van der Waals surface area contributed by atoms with Gasteiger partial charge in [0.25, 0.3) is 5.56 Å². The summed E-state index contributed by atoms with van der Waals surface area (Å²) in [7, 11) is 0. The van der Waals surface area contributed by atoms with E-state index in [2.05, 4.69) is 10.1 Å². The van der Waals surface area contributed by atoms with Gasteiger partial charge in [-0.1, -0.05) is 18.2 Å². The fraction of sp³-hybridized carbons (Fsp3) is 0.125. The fourth-order valence-corrected chi connectivity index (χ4v) is 2.22. The molecule has 0 amide bonds.